The normalized spacial score (nSPS) is 10.5. The summed E-state index contributed by atoms with van der Waals surface area (Å²) >= 11 is 4.69. The van der Waals surface area contributed by atoms with E-state index in [-0.39, 0.29) is 11.6 Å². The first-order valence-corrected chi connectivity index (χ1v) is 6.57. The number of hydrogen-bond acceptors (Lipinski definition) is 6. The molecule has 18 heavy (non-hydrogen) atoms. The van der Waals surface area contributed by atoms with E-state index in [1.165, 1.54) is 23.9 Å². The minimum Gasteiger partial charge on any atom is -0.368 e. The van der Waals surface area contributed by atoms with Crippen LogP contribution in [0.1, 0.15) is 5.56 Å². The molecule has 0 amide bonds. The van der Waals surface area contributed by atoms with Gasteiger partial charge in [0, 0.05) is 22.4 Å². The monoisotopic (exact) mass is 329 g/mol. The van der Waals surface area contributed by atoms with Crippen LogP contribution >= 0.6 is 27.7 Å². The van der Waals surface area contributed by atoms with E-state index >= 15 is 0 Å². The zero-order valence-corrected chi connectivity index (χ0v) is 11.4. The van der Waals surface area contributed by atoms with E-state index in [1.54, 1.807) is 6.07 Å². The summed E-state index contributed by atoms with van der Waals surface area (Å²) in [7, 11) is 0. The van der Waals surface area contributed by atoms with Gasteiger partial charge in [0.1, 0.15) is 0 Å². The molecule has 0 radical (unpaired) electrons. The molecule has 0 aliphatic heterocycles. The molecule has 7 nitrogen and oxygen atoms in total. The van der Waals surface area contributed by atoms with Gasteiger partial charge in [0.25, 0.3) is 5.69 Å². The Morgan fingerprint density at radius 2 is 2.33 bits per heavy atom. The molecule has 1 aromatic carbocycles. The van der Waals surface area contributed by atoms with Gasteiger partial charge in [0.2, 0.25) is 11.1 Å². The summed E-state index contributed by atoms with van der Waals surface area (Å²) in [6.07, 6.45) is 0. The van der Waals surface area contributed by atoms with Crippen molar-refractivity contribution in [1.29, 1.82) is 0 Å². The van der Waals surface area contributed by atoms with Gasteiger partial charge in [-0.15, -0.1) is 5.10 Å². The topological polar surface area (TPSA) is 111 Å². The van der Waals surface area contributed by atoms with Crippen LogP contribution in [-0.2, 0) is 5.75 Å². The van der Waals surface area contributed by atoms with Crippen LogP contribution in [0, 0.1) is 10.1 Å². The van der Waals surface area contributed by atoms with Crippen molar-refractivity contribution in [3.8, 4) is 0 Å². The van der Waals surface area contributed by atoms with Crippen LogP contribution < -0.4 is 5.73 Å². The lowest BCUT2D eigenvalue weighted by Crippen LogP contribution is -1.90. The molecule has 1 aromatic heterocycles. The molecule has 0 spiro atoms. The number of thioether (sulfide) groups is 1. The third kappa shape index (κ3) is 2.99. The average molecular weight is 330 g/mol. The molecular formula is C9H8BrN5O2S. The summed E-state index contributed by atoms with van der Waals surface area (Å²) in [6, 6.07) is 4.64. The van der Waals surface area contributed by atoms with Crippen molar-refractivity contribution in [3.05, 3.63) is 38.3 Å². The molecule has 1 heterocycles. The van der Waals surface area contributed by atoms with Crippen molar-refractivity contribution >= 4 is 39.3 Å². The number of nitrogens with two attached hydrogens (primary N) is 1. The van der Waals surface area contributed by atoms with Crippen molar-refractivity contribution in [3.63, 3.8) is 0 Å². The third-order valence-electron chi connectivity index (χ3n) is 2.09. The smallest absolute Gasteiger partial charge is 0.270 e. The standard InChI is InChI=1S/C9H8BrN5O2S/c10-7-3-6(15(16)17)2-1-5(7)4-18-9-12-8(11)13-14-9/h1-3H,4H2,(H3,11,12,13,14). The number of aromatic amines is 1. The van der Waals surface area contributed by atoms with Crippen LogP contribution in [0.15, 0.2) is 27.8 Å². The molecule has 0 bridgehead atoms. The first kappa shape index (κ1) is 12.8. The van der Waals surface area contributed by atoms with Gasteiger partial charge in [0.15, 0.2) is 0 Å². The number of aromatic nitrogens is 3. The van der Waals surface area contributed by atoms with E-state index in [2.05, 4.69) is 31.1 Å². The Morgan fingerprint density at radius 1 is 1.56 bits per heavy atom. The minimum atomic E-state index is -0.433. The van der Waals surface area contributed by atoms with Gasteiger partial charge in [-0.2, -0.15) is 4.98 Å². The quantitative estimate of drug-likeness (QED) is 0.506. The molecule has 0 aliphatic carbocycles. The second-order valence-corrected chi connectivity index (χ2v) is 5.12. The van der Waals surface area contributed by atoms with Gasteiger partial charge in [0.05, 0.1) is 4.92 Å². The van der Waals surface area contributed by atoms with E-state index in [9.17, 15) is 10.1 Å². The first-order chi connectivity index (χ1) is 8.56. The predicted octanol–water partition coefficient (Wildman–Crippen LogP) is 2.35. The molecule has 0 fully saturated rings. The second kappa shape index (κ2) is 5.36. The number of non-ortho nitro benzene ring substituents is 1. The largest absolute Gasteiger partial charge is 0.368 e. The van der Waals surface area contributed by atoms with Crippen LogP contribution in [0.5, 0.6) is 0 Å². The fourth-order valence-electron chi connectivity index (χ4n) is 1.23. The Bertz CT molecular complexity index is 588. The van der Waals surface area contributed by atoms with Crippen molar-refractivity contribution in [2.24, 2.45) is 0 Å². The number of benzene rings is 1. The number of halogens is 1. The van der Waals surface area contributed by atoms with Gasteiger partial charge >= 0.3 is 0 Å². The summed E-state index contributed by atoms with van der Waals surface area (Å²) in [5.74, 6) is 0.857. The van der Waals surface area contributed by atoms with E-state index in [0.717, 1.165) is 5.56 Å². The van der Waals surface area contributed by atoms with E-state index < -0.39 is 4.92 Å². The fourth-order valence-corrected chi connectivity index (χ4v) is 2.73. The maximum atomic E-state index is 10.6. The molecule has 0 atom stereocenters. The highest BCUT2D eigenvalue weighted by Crippen LogP contribution is 2.28. The number of anilines is 1. The zero-order valence-electron chi connectivity index (χ0n) is 8.96. The van der Waals surface area contributed by atoms with Gasteiger partial charge in [-0.25, -0.2) is 5.10 Å². The van der Waals surface area contributed by atoms with E-state index in [1.807, 2.05) is 0 Å². The number of nitrogen functional groups attached to an aromatic ring is 1. The van der Waals surface area contributed by atoms with Crippen molar-refractivity contribution in [1.82, 2.24) is 15.2 Å². The Balaban J connectivity index is 2.08. The van der Waals surface area contributed by atoms with Gasteiger partial charge < -0.3 is 5.73 Å². The molecule has 0 unspecified atom stereocenters. The molecule has 0 saturated carbocycles. The molecule has 0 aliphatic rings. The maximum Gasteiger partial charge on any atom is 0.270 e. The highest BCUT2D eigenvalue weighted by molar-refractivity contribution is 9.10. The minimum absolute atomic E-state index is 0.0535. The third-order valence-corrected chi connectivity index (χ3v) is 3.72. The molecule has 9 heteroatoms. The van der Waals surface area contributed by atoms with Gasteiger partial charge in [-0.3, -0.25) is 10.1 Å². The highest BCUT2D eigenvalue weighted by atomic mass is 79.9. The maximum absolute atomic E-state index is 10.6. The summed E-state index contributed by atoms with van der Waals surface area (Å²) in [6.45, 7) is 0. The Morgan fingerprint density at radius 3 is 2.89 bits per heavy atom. The molecular weight excluding hydrogens is 322 g/mol. The predicted molar refractivity (Wildman–Crippen MR) is 71.2 cm³/mol. The molecule has 2 rings (SSSR count). The lowest BCUT2D eigenvalue weighted by atomic mass is 10.2. The van der Waals surface area contributed by atoms with Gasteiger partial charge in [-0.1, -0.05) is 33.8 Å². The number of rotatable bonds is 4. The van der Waals surface area contributed by atoms with Crippen LogP contribution in [0.2, 0.25) is 0 Å². The van der Waals surface area contributed by atoms with Crippen molar-refractivity contribution in [2.45, 2.75) is 10.9 Å². The lowest BCUT2D eigenvalue weighted by Gasteiger charge is -2.02. The Hall–Kier alpha value is -1.61. The van der Waals surface area contributed by atoms with Crippen molar-refractivity contribution < 1.29 is 4.92 Å². The number of nitro groups is 1. The number of hydrogen-bond donors (Lipinski definition) is 2. The second-order valence-electron chi connectivity index (χ2n) is 3.32. The molecule has 0 saturated heterocycles. The number of nitrogens with one attached hydrogen (secondary N) is 1. The van der Waals surface area contributed by atoms with Gasteiger partial charge in [-0.05, 0) is 5.56 Å². The molecule has 3 N–H and O–H groups in total. The summed E-state index contributed by atoms with van der Waals surface area (Å²) < 4.78 is 0.688. The van der Waals surface area contributed by atoms with Crippen LogP contribution in [0.25, 0.3) is 0 Å². The van der Waals surface area contributed by atoms with Crippen LogP contribution in [-0.4, -0.2) is 20.1 Å². The lowest BCUT2D eigenvalue weighted by molar-refractivity contribution is -0.384. The summed E-state index contributed by atoms with van der Waals surface area (Å²) in [5, 5.41) is 17.6. The first-order valence-electron chi connectivity index (χ1n) is 4.80. The highest BCUT2D eigenvalue weighted by Gasteiger charge is 2.10. The number of nitrogens with zero attached hydrogens (tertiary/aromatic N) is 3. The Labute approximate surface area is 114 Å². The molecule has 94 valence electrons. The van der Waals surface area contributed by atoms with Crippen molar-refractivity contribution in [2.75, 3.05) is 5.73 Å². The SMILES string of the molecule is Nc1nc(SCc2ccc([N+](=O)[O-])cc2Br)n[nH]1. The zero-order chi connectivity index (χ0) is 13.1. The fraction of sp³-hybridized carbons (Fsp3) is 0.111. The van der Waals surface area contributed by atoms with E-state index in [4.69, 9.17) is 5.73 Å². The Kier molecular flexibility index (Phi) is 3.82. The van der Waals surface area contributed by atoms with E-state index in [0.29, 0.717) is 15.4 Å². The number of nitro benzene ring substituents is 1. The molecule has 2 aromatic rings. The van der Waals surface area contributed by atoms with Crippen LogP contribution in [0.4, 0.5) is 11.6 Å². The summed E-state index contributed by atoms with van der Waals surface area (Å²) in [4.78, 5) is 14.1. The van der Waals surface area contributed by atoms with Crippen LogP contribution in [0.3, 0.4) is 0 Å². The average Bonchev–Trinajstić information content (AvgIpc) is 2.73. The number of H-pyrrole nitrogens is 1. The summed E-state index contributed by atoms with van der Waals surface area (Å²) in [5.41, 5.74) is 6.38.